The van der Waals surface area contributed by atoms with Crippen LogP contribution in [0, 0.1) is 0 Å². The molecule has 0 bridgehead atoms. The van der Waals surface area contributed by atoms with Crippen LogP contribution in [0.15, 0.2) is 23.8 Å². The SMILES string of the molecule is NCc1nc(C(=O)Nc2cnccc2Cl)cs1. The number of pyridine rings is 1. The second kappa shape index (κ2) is 5.22. The Morgan fingerprint density at radius 2 is 2.41 bits per heavy atom. The molecule has 2 aromatic rings. The lowest BCUT2D eigenvalue weighted by atomic mass is 10.4. The van der Waals surface area contributed by atoms with Crippen molar-refractivity contribution in [3.8, 4) is 0 Å². The normalized spacial score (nSPS) is 10.2. The highest BCUT2D eigenvalue weighted by molar-refractivity contribution is 7.09. The predicted molar refractivity (Wildman–Crippen MR) is 67.2 cm³/mol. The van der Waals surface area contributed by atoms with Crippen LogP contribution in [0.5, 0.6) is 0 Å². The molecule has 0 saturated carbocycles. The number of amides is 1. The molecular weight excluding hydrogens is 260 g/mol. The van der Waals surface area contributed by atoms with Crippen molar-refractivity contribution in [2.45, 2.75) is 6.54 Å². The van der Waals surface area contributed by atoms with Crippen molar-refractivity contribution in [1.29, 1.82) is 0 Å². The molecule has 0 unspecified atom stereocenters. The summed E-state index contributed by atoms with van der Waals surface area (Å²) in [5.41, 5.74) is 6.21. The Hall–Kier alpha value is -1.50. The van der Waals surface area contributed by atoms with Gasteiger partial charge in [0, 0.05) is 18.1 Å². The van der Waals surface area contributed by atoms with E-state index in [2.05, 4.69) is 15.3 Å². The van der Waals surface area contributed by atoms with E-state index in [1.807, 2.05) is 0 Å². The van der Waals surface area contributed by atoms with Crippen LogP contribution in [0.25, 0.3) is 0 Å². The van der Waals surface area contributed by atoms with E-state index in [1.54, 1.807) is 17.6 Å². The highest BCUT2D eigenvalue weighted by atomic mass is 35.5. The van der Waals surface area contributed by atoms with Gasteiger partial charge in [0.05, 0.1) is 16.9 Å². The third-order valence-electron chi connectivity index (χ3n) is 1.98. The van der Waals surface area contributed by atoms with Crippen LogP contribution in [-0.4, -0.2) is 15.9 Å². The molecular formula is C10H9ClN4OS. The molecule has 0 saturated heterocycles. The van der Waals surface area contributed by atoms with Crippen LogP contribution in [0.2, 0.25) is 5.02 Å². The molecule has 2 heterocycles. The maximum atomic E-state index is 11.8. The summed E-state index contributed by atoms with van der Waals surface area (Å²) in [5, 5.41) is 5.44. The number of carbonyl (C=O) groups is 1. The van der Waals surface area contributed by atoms with E-state index in [-0.39, 0.29) is 5.91 Å². The van der Waals surface area contributed by atoms with Crippen molar-refractivity contribution in [3.63, 3.8) is 0 Å². The topological polar surface area (TPSA) is 80.9 Å². The van der Waals surface area contributed by atoms with Crippen LogP contribution >= 0.6 is 22.9 Å². The largest absolute Gasteiger partial charge is 0.325 e. The molecule has 17 heavy (non-hydrogen) atoms. The van der Waals surface area contributed by atoms with E-state index in [9.17, 15) is 4.79 Å². The second-order valence-electron chi connectivity index (χ2n) is 3.14. The zero-order valence-corrected chi connectivity index (χ0v) is 10.3. The van der Waals surface area contributed by atoms with Crippen molar-refractivity contribution >= 4 is 34.5 Å². The van der Waals surface area contributed by atoms with Gasteiger partial charge in [-0.25, -0.2) is 4.98 Å². The van der Waals surface area contributed by atoms with Crippen molar-refractivity contribution in [3.05, 3.63) is 39.6 Å². The third kappa shape index (κ3) is 2.79. The van der Waals surface area contributed by atoms with Gasteiger partial charge in [-0.3, -0.25) is 9.78 Å². The molecule has 5 nitrogen and oxygen atoms in total. The van der Waals surface area contributed by atoms with Crippen molar-refractivity contribution in [2.75, 3.05) is 5.32 Å². The minimum atomic E-state index is -0.323. The molecule has 0 atom stereocenters. The molecule has 2 rings (SSSR count). The lowest BCUT2D eigenvalue weighted by molar-refractivity contribution is 0.102. The van der Waals surface area contributed by atoms with E-state index in [0.717, 1.165) is 0 Å². The molecule has 3 N–H and O–H groups in total. The first kappa shape index (κ1) is 12.0. The molecule has 0 aliphatic heterocycles. The zero-order valence-electron chi connectivity index (χ0n) is 8.68. The van der Waals surface area contributed by atoms with Crippen LogP contribution in [0.1, 0.15) is 15.5 Å². The van der Waals surface area contributed by atoms with Gasteiger partial charge in [0.15, 0.2) is 0 Å². The molecule has 0 fully saturated rings. The number of carbonyl (C=O) groups excluding carboxylic acids is 1. The fourth-order valence-corrected chi connectivity index (χ4v) is 1.97. The number of nitrogens with zero attached hydrogens (tertiary/aromatic N) is 2. The highest BCUT2D eigenvalue weighted by Gasteiger charge is 2.11. The number of hydrogen-bond donors (Lipinski definition) is 2. The number of thiazole rings is 1. The first-order valence-corrected chi connectivity index (χ1v) is 6.02. The van der Waals surface area contributed by atoms with Crippen LogP contribution < -0.4 is 11.1 Å². The summed E-state index contributed by atoms with van der Waals surface area (Å²) in [7, 11) is 0. The average molecular weight is 269 g/mol. The third-order valence-corrected chi connectivity index (χ3v) is 3.18. The number of nitrogens with one attached hydrogen (secondary N) is 1. The van der Waals surface area contributed by atoms with Gasteiger partial charge < -0.3 is 11.1 Å². The number of hydrogen-bond acceptors (Lipinski definition) is 5. The molecule has 88 valence electrons. The maximum absolute atomic E-state index is 11.8. The Kier molecular flexibility index (Phi) is 3.68. The van der Waals surface area contributed by atoms with E-state index in [1.165, 1.54) is 17.5 Å². The van der Waals surface area contributed by atoms with E-state index in [0.29, 0.717) is 28.0 Å². The molecule has 7 heteroatoms. The number of rotatable bonds is 3. The van der Waals surface area contributed by atoms with E-state index < -0.39 is 0 Å². The fraction of sp³-hybridized carbons (Fsp3) is 0.100. The summed E-state index contributed by atoms with van der Waals surface area (Å²) in [4.78, 5) is 19.8. The highest BCUT2D eigenvalue weighted by Crippen LogP contribution is 2.20. The van der Waals surface area contributed by atoms with Gasteiger partial charge in [0.25, 0.3) is 5.91 Å². The first-order valence-electron chi connectivity index (χ1n) is 4.76. The smallest absolute Gasteiger partial charge is 0.275 e. The molecule has 0 aliphatic carbocycles. The number of halogens is 1. The van der Waals surface area contributed by atoms with Gasteiger partial charge in [-0.05, 0) is 6.07 Å². The average Bonchev–Trinajstić information content (AvgIpc) is 2.81. The summed E-state index contributed by atoms with van der Waals surface area (Å²) in [6.07, 6.45) is 3.03. The van der Waals surface area contributed by atoms with E-state index >= 15 is 0 Å². The minimum Gasteiger partial charge on any atom is -0.325 e. The zero-order chi connectivity index (χ0) is 12.3. The Morgan fingerprint density at radius 1 is 1.59 bits per heavy atom. The van der Waals surface area contributed by atoms with Crippen LogP contribution in [0.3, 0.4) is 0 Å². The van der Waals surface area contributed by atoms with Gasteiger partial charge in [0.1, 0.15) is 10.7 Å². The van der Waals surface area contributed by atoms with Gasteiger partial charge in [0.2, 0.25) is 0 Å². The fourth-order valence-electron chi connectivity index (χ4n) is 1.16. The molecule has 0 aliphatic rings. The van der Waals surface area contributed by atoms with Crippen molar-refractivity contribution < 1.29 is 4.79 Å². The summed E-state index contributed by atoms with van der Waals surface area (Å²) in [6, 6.07) is 1.60. The molecule has 0 aromatic carbocycles. The Balaban J connectivity index is 2.14. The molecule has 0 spiro atoms. The summed E-state index contributed by atoms with van der Waals surface area (Å²) >= 11 is 7.24. The first-order chi connectivity index (χ1) is 8.20. The quantitative estimate of drug-likeness (QED) is 0.891. The molecule has 0 radical (unpaired) electrons. The number of aromatic nitrogens is 2. The lowest BCUT2D eigenvalue weighted by Crippen LogP contribution is -2.13. The summed E-state index contributed by atoms with van der Waals surface area (Å²) < 4.78 is 0. The minimum absolute atomic E-state index is 0.323. The molecule has 2 aromatic heterocycles. The van der Waals surface area contributed by atoms with Gasteiger partial charge in [-0.1, -0.05) is 11.6 Å². The number of anilines is 1. The van der Waals surface area contributed by atoms with Crippen LogP contribution in [-0.2, 0) is 6.54 Å². The van der Waals surface area contributed by atoms with E-state index in [4.69, 9.17) is 17.3 Å². The number of nitrogens with two attached hydrogens (primary N) is 1. The standard InChI is InChI=1S/C10H9ClN4OS/c11-6-1-2-13-4-7(6)15-10(16)8-5-17-9(3-12)14-8/h1-2,4-5H,3,12H2,(H,15,16). The summed E-state index contributed by atoms with van der Waals surface area (Å²) in [5.74, 6) is -0.323. The Bertz CT molecular complexity index is 543. The van der Waals surface area contributed by atoms with Gasteiger partial charge in [-0.2, -0.15) is 0 Å². The van der Waals surface area contributed by atoms with Crippen LogP contribution in [0.4, 0.5) is 5.69 Å². The maximum Gasteiger partial charge on any atom is 0.275 e. The van der Waals surface area contributed by atoms with Crippen molar-refractivity contribution in [1.82, 2.24) is 9.97 Å². The second-order valence-corrected chi connectivity index (χ2v) is 4.49. The molecule has 1 amide bonds. The van der Waals surface area contributed by atoms with Crippen molar-refractivity contribution in [2.24, 2.45) is 5.73 Å². The Labute approximate surface area is 107 Å². The predicted octanol–water partition coefficient (Wildman–Crippen LogP) is 1.90. The van der Waals surface area contributed by atoms with Gasteiger partial charge in [-0.15, -0.1) is 11.3 Å². The van der Waals surface area contributed by atoms with Gasteiger partial charge >= 0.3 is 0 Å². The summed E-state index contributed by atoms with van der Waals surface area (Å²) in [6.45, 7) is 0.325. The Morgan fingerprint density at radius 3 is 3.06 bits per heavy atom. The lowest BCUT2D eigenvalue weighted by Gasteiger charge is -2.03. The monoisotopic (exact) mass is 268 g/mol.